The van der Waals surface area contributed by atoms with Crippen molar-refractivity contribution >= 4 is 71.3 Å². The summed E-state index contributed by atoms with van der Waals surface area (Å²) < 4.78 is 46.2. The molecule has 5 heterocycles. The van der Waals surface area contributed by atoms with Crippen LogP contribution in [0, 0.1) is 0 Å². The zero-order chi connectivity index (χ0) is 47.7. The summed E-state index contributed by atoms with van der Waals surface area (Å²) in [5.41, 5.74) is -0.421. The molecule has 7 rings (SSSR count). The number of hydrogen-bond donors (Lipinski definition) is 12. The van der Waals surface area contributed by atoms with Crippen molar-refractivity contribution in [2.24, 2.45) is 0 Å². The van der Waals surface area contributed by atoms with Gasteiger partial charge in [0.05, 0.1) is 0 Å². The average molecular weight is 1540 g/mol. The van der Waals surface area contributed by atoms with Gasteiger partial charge in [0.2, 0.25) is 0 Å². The summed E-state index contributed by atoms with van der Waals surface area (Å²) in [5, 5.41) is 57.5. The maximum absolute atomic E-state index is 11.5. The van der Waals surface area contributed by atoms with E-state index in [2.05, 4.69) is 0 Å². The summed E-state index contributed by atoms with van der Waals surface area (Å²) in [6.45, 7) is 11.0. The van der Waals surface area contributed by atoms with Crippen LogP contribution >= 0.6 is 0 Å². The largest absolute Gasteiger partial charge is 0.493 e. The number of aliphatic hydroxyl groups is 8. The van der Waals surface area contributed by atoms with Crippen molar-refractivity contribution in [2.45, 2.75) is 62.2 Å². The third-order valence-corrected chi connectivity index (χ3v) is 35.4. The Labute approximate surface area is 516 Å². The first-order valence-corrected chi connectivity index (χ1v) is 32.6. The van der Waals surface area contributed by atoms with Gasteiger partial charge in [-0.2, -0.15) is 0 Å². The maximum atomic E-state index is 11.5. The molecule has 2 spiro atoms. The standard InChI is InChI=1S/C16H24O4Si3.C8H18O8Si4.8CH4O.6H2O.5Zr/c1-21(2,17)19-22(3,4)20-23(18,15-11-7-5-8-12-15)16-13-9-6-10-14-16;1-5-7-8-6(2)18(10,12-4)14-20(8)15-19(7,16-20)13-17(5,9)11-3;8*1-2;;;;;;;;;;;/h5-14,17-18H,1-4H3;5-10H,1-4H3;8*2H,1H3;6*1H2;;;;;/t;5-,6+,7-,8+,17?,18?,19?,20?;;;;;;;;;;;;;;;;;;;. The molecule has 2 aromatic carbocycles. The van der Waals surface area contributed by atoms with Crippen LogP contribution in [0.25, 0.3) is 0 Å². The Morgan fingerprint density at radius 3 is 0.857 bits per heavy atom. The normalized spacial score (nSPS) is 24.1. The summed E-state index contributed by atoms with van der Waals surface area (Å²) in [5.74, 6) is 0. The molecular weight excluding hydrogens is 1450 g/mol. The number of hydrogen-bond acceptors (Lipinski definition) is 20. The molecule has 70 heavy (non-hydrogen) atoms. The zero-order valence-electron chi connectivity index (χ0n) is 42.7. The summed E-state index contributed by atoms with van der Waals surface area (Å²) >= 11 is 0. The Kier molecular flexibility index (Phi) is 89.6. The molecule has 0 amide bonds. The molecule has 6 atom stereocenters. The van der Waals surface area contributed by atoms with E-state index in [9.17, 15) is 19.2 Å². The van der Waals surface area contributed by atoms with Gasteiger partial charge in [0, 0.05) is 224 Å². The minimum absolute atomic E-state index is 0. The van der Waals surface area contributed by atoms with Crippen molar-refractivity contribution < 1.29 is 257 Å². The molecule has 5 aliphatic heterocycles. The number of aliphatic hydroxyl groups excluding tert-OH is 8. The van der Waals surface area contributed by atoms with E-state index in [4.69, 9.17) is 74.4 Å². The van der Waals surface area contributed by atoms with E-state index in [1.54, 1.807) is 13.1 Å². The molecule has 5 fully saturated rings. The van der Waals surface area contributed by atoms with E-state index >= 15 is 0 Å². The second-order valence-electron chi connectivity index (χ2n) is 12.3. The Hall–Kier alpha value is 3.33. The number of benzene rings is 2. The van der Waals surface area contributed by atoms with E-state index in [1.165, 1.54) is 14.2 Å². The smallest absolute Gasteiger partial charge is 0.415 e. The van der Waals surface area contributed by atoms with Crippen LogP contribution in [0.5, 0.6) is 0 Å². The van der Waals surface area contributed by atoms with E-state index in [1.807, 2.05) is 87.6 Å². The first-order valence-electron chi connectivity index (χ1n) is 17.8. The van der Waals surface area contributed by atoms with Crippen molar-refractivity contribution in [3.63, 3.8) is 0 Å². The van der Waals surface area contributed by atoms with Gasteiger partial charge in [0.25, 0.3) is 0 Å². The van der Waals surface area contributed by atoms with Crippen molar-refractivity contribution in [1.82, 2.24) is 0 Å². The zero-order valence-corrected chi connectivity index (χ0v) is 62.0. The van der Waals surface area contributed by atoms with Crippen LogP contribution < -0.4 is 10.4 Å². The molecule has 0 saturated carbocycles. The topological polar surface area (TPSA) is 506 Å². The molecule has 0 aromatic heterocycles. The second-order valence-corrected chi connectivity index (χ2v) is 34.3. The fraction of sp³-hybridized carbons (Fsp3) is 0.625. The van der Waals surface area contributed by atoms with Crippen LogP contribution in [-0.2, 0) is 165 Å². The Balaban J connectivity index is -0.0000000460. The van der Waals surface area contributed by atoms with Gasteiger partial charge in [-0.3, -0.25) is 0 Å². The molecule has 26 nitrogen and oxygen atoms in total. The SMILES string of the molecule is CO.CO.CO.CO.CO.CO.CO.CO.CO[Si]1(O)O[Si]23O[Si]4(O[Si](O)(OC)[C@@H](C)[C@H]4[C@H]2[C@H]1C)O3.C[Si](C)(O)O[Si](C)(C)O[Si](O)(c1ccccc1)c1ccccc1.O.O.O.O.O.O.[Zr].[Zr].[Zr].[Zr].[Zr]. The molecule has 418 valence electrons. The predicted molar refractivity (Wildman–Crippen MR) is 258 cm³/mol. The molecule has 2 bridgehead atoms. The molecule has 5 aliphatic rings. The fourth-order valence-electron chi connectivity index (χ4n) is 6.66. The van der Waals surface area contributed by atoms with Crippen molar-refractivity contribution in [3.8, 4) is 0 Å². The van der Waals surface area contributed by atoms with Crippen molar-refractivity contribution in [2.75, 3.05) is 71.1 Å². The third kappa shape index (κ3) is 29.5. The summed E-state index contributed by atoms with van der Waals surface area (Å²) in [6.07, 6.45) is 0. The van der Waals surface area contributed by atoms with Crippen molar-refractivity contribution in [1.29, 1.82) is 0 Å². The van der Waals surface area contributed by atoms with Gasteiger partial charge in [-0.1, -0.05) is 74.5 Å². The Morgan fingerprint density at radius 1 is 0.429 bits per heavy atom. The number of rotatable bonds is 8. The van der Waals surface area contributed by atoms with Gasteiger partial charge in [0.15, 0.2) is 0 Å². The van der Waals surface area contributed by atoms with Crippen molar-refractivity contribution in [3.05, 3.63) is 60.7 Å². The minimum Gasteiger partial charge on any atom is -0.415 e. The first-order chi connectivity index (χ1) is 27.9. The molecule has 2 aromatic rings. The van der Waals surface area contributed by atoms with Gasteiger partial charge < -0.3 is 126 Å². The van der Waals surface area contributed by atoms with Crippen LogP contribution in [-0.4, -0.2) is 225 Å². The monoisotopic (exact) mass is 1530 g/mol. The van der Waals surface area contributed by atoms with Crippen LogP contribution in [0.1, 0.15) is 13.8 Å². The van der Waals surface area contributed by atoms with Gasteiger partial charge in [-0.05, 0) is 36.6 Å². The van der Waals surface area contributed by atoms with Crippen LogP contribution in [0.4, 0.5) is 0 Å². The molecular formula is C32H86O26Si7Zr5. The first kappa shape index (κ1) is 113. The maximum Gasteiger partial charge on any atom is 0.493 e. The molecule has 0 radical (unpaired) electrons. The molecule has 5 saturated heterocycles. The van der Waals surface area contributed by atoms with Gasteiger partial charge in [-0.15, -0.1) is 0 Å². The molecule has 2 unspecified atom stereocenters. The third-order valence-electron chi connectivity index (χ3n) is 8.38. The van der Waals surface area contributed by atoms with Gasteiger partial charge in [0.1, 0.15) is 0 Å². The van der Waals surface area contributed by atoms with E-state index in [0.717, 1.165) is 67.3 Å². The quantitative estimate of drug-likeness (QED) is 0.109. The summed E-state index contributed by atoms with van der Waals surface area (Å²) in [7, 11) is -10.2. The van der Waals surface area contributed by atoms with E-state index in [-0.39, 0.29) is 186 Å². The Bertz CT molecular complexity index is 1270. The van der Waals surface area contributed by atoms with Crippen LogP contribution in [0.15, 0.2) is 60.7 Å². The fourth-order valence-corrected chi connectivity index (χ4v) is 40.4. The molecule has 24 N–H and O–H groups in total. The van der Waals surface area contributed by atoms with Gasteiger partial charge >= 0.3 is 60.9 Å². The van der Waals surface area contributed by atoms with E-state index < -0.39 is 60.9 Å². The summed E-state index contributed by atoms with van der Waals surface area (Å²) in [6, 6.07) is 18.9. The molecule has 0 aliphatic carbocycles. The van der Waals surface area contributed by atoms with Gasteiger partial charge in [-0.25, -0.2) is 0 Å². The average Bonchev–Trinajstić information content (AvgIpc) is 3.85. The van der Waals surface area contributed by atoms with E-state index in [0.29, 0.717) is 0 Å². The van der Waals surface area contributed by atoms with Crippen LogP contribution in [0.3, 0.4) is 0 Å². The predicted octanol–water partition coefficient (Wildman–Crippen LogP) is -6.77. The minimum atomic E-state index is -3.39. The second kappa shape index (κ2) is 55.6. The molecule has 38 heteroatoms. The summed E-state index contributed by atoms with van der Waals surface area (Å²) in [4.78, 5) is 42.6. The van der Waals surface area contributed by atoms with Crippen LogP contribution in [0.2, 0.25) is 48.4 Å². The Morgan fingerprint density at radius 2 is 0.657 bits per heavy atom.